The second kappa shape index (κ2) is 4.96. The van der Waals surface area contributed by atoms with Gasteiger partial charge in [0.25, 0.3) is 11.6 Å². The molecule has 11 heteroatoms. The summed E-state index contributed by atoms with van der Waals surface area (Å²) in [6.45, 7) is 0. The molecule has 1 aromatic rings. The smallest absolute Gasteiger partial charge is 0.498 e. The Hall–Kier alpha value is -2.59. The number of ether oxygens (including phenoxy) is 2. The number of alkyl halides is 3. The first kappa shape index (κ1) is 14.5. The Balaban J connectivity index is 3.39. The summed E-state index contributed by atoms with van der Waals surface area (Å²) in [5, 5.41) is 20.0. The van der Waals surface area contributed by atoms with E-state index in [1.54, 1.807) is 0 Å². The van der Waals surface area contributed by atoms with Crippen LogP contribution in [0.25, 0.3) is 0 Å². The zero-order chi connectivity index (χ0) is 14.8. The molecule has 0 radical (unpaired) electrons. The fourth-order valence-corrected chi connectivity index (χ4v) is 1.10. The number of aromatic hydroxyl groups is 1. The molecular weight excluding hydrogens is 277 g/mol. The van der Waals surface area contributed by atoms with E-state index in [-0.39, 0.29) is 0 Å². The molecule has 0 saturated heterocycles. The number of rotatable bonds is 3. The van der Waals surface area contributed by atoms with Gasteiger partial charge < -0.3 is 14.6 Å². The van der Waals surface area contributed by atoms with Gasteiger partial charge in [0, 0.05) is 0 Å². The highest BCUT2D eigenvalue weighted by Gasteiger charge is 2.37. The van der Waals surface area contributed by atoms with Crippen LogP contribution in [-0.2, 0) is 4.74 Å². The Morgan fingerprint density at radius 3 is 2.53 bits per heavy atom. The molecule has 104 valence electrons. The molecule has 8 nitrogen and oxygen atoms in total. The van der Waals surface area contributed by atoms with E-state index in [2.05, 4.69) is 14.5 Å². The topological polar surface area (TPSA) is 112 Å². The monoisotopic (exact) mass is 282 g/mol. The Morgan fingerprint density at radius 2 is 2.11 bits per heavy atom. The first-order valence-corrected chi connectivity index (χ1v) is 4.37. The van der Waals surface area contributed by atoms with Crippen molar-refractivity contribution in [3.63, 3.8) is 0 Å². The minimum atomic E-state index is -5.20. The van der Waals surface area contributed by atoms with Crippen molar-refractivity contribution in [3.05, 3.63) is 21.9 Å². The Kier molecular flexibility index (Phi) is 3.77. The van der Waals surface area contributed by atoms with E-state index in [0.717, 1.165) is 7.11 Å². The van der Waals surface area contributed by atoms with Crippen molar-refractivity contribution in [2.45, 2.75) is 6.36 Å². The molecule has 1 heterocycles. The van der Waals surface area contributed by atoms with Crippen LogP contribution >= 0.6 is 0 Å². The van der Waals surface area contributed by atoms with Crippen molar-refractivity contribution in [2.24, 2.45) is 0 Å². The van der Waals surface area contributed by atoms with Crippen LogP contribution in [0.5, 0.6) is 11.6 Å². The molecule has 0 aliphatic carbocycles. The SMILES string of the molecule is COC(=O)c1cnc(OC(F)(F)F)c(O)c1[N+](=O)[O-]. The van der Waals surface area contributed by atoms with Crippen molar-refractivity contribution >= 4 is 11.7 Å². The number of hydrogen-bond donors (Lipinski definition) is 1. The normalized spacial score (nSPS) is 10.9. The third kappa shape index (κ3) is 3.20. The van der Waals surface area contributed by atoms with E-state index < -0.39 is 40.1 Å². The van der Waals surface area contributed by atoms with E-state index in [9.17, 15) is 33.2 Å². The summed E-state index contributed by atoms with van der Waals surface area (Å²) in [7, 11) is 0.892. The molecule has 0 fully saturated rings. The zero-order valence-electron chi connectivity index (χ0n) is 9.09. The van der Waals surface area contributed by atoms with Gasteiger partial charge in [-0.15, -0.1) is 13.2 Å². The summed E-state index contributed by atoms with van der Waals surface area (Å²) < 4.78 is 43.3. The highest BCUT2D eigenvalue weighted by molar-refractivity contribution is 5.95. The molecular formula is C8H5F3N2O6. The van der Waals surface area contributed by atoms with E-state index in [4.69, 9.17) is 0 Å². The molecule has 0 aromatic carbocycles. The predicted octanol–water partition coefficient (Wildman–Crippen LogP) is 1.38. The molecule has 19 heavy (non-hydrogen) atoms. The first-order chi connectivity index (χ1) is 8.67. The molecule has 0 saturated carbocycles. The van der Waals surface area contributed by atoms with Crippen LogP contribution in [0.1, 0.15) is 10.4 Å². The van der Waals surface area contributed by atoms with Crippen LogP contribution in [0.4, 0.5) is 18.9 Å². The summed E-state index contributed by atoms with van der Waals surface area (Å²) in [5.74, 6) is -4.20. The minimum Gasteiger partial charge on any atom is -0.498 e. The summed E-state index contributed by atoms with van der Waals surface area (Å²) in [5.41, 5.74) is -2.10. The molecule has 0 aliphatic heterocycles. The van der Waals surface area contributed by atoms with Crippen molar-refractivity contribution in [1.82, 2.24) is 4.98 Å². The lowest BCUT2D eigenvalue weighted by atomic mass is 10.2. The van der Waals surface area contributed by atoms with Crippen LogP contribution in [0, 0.1) is 10.1 Å². The second-order valence-electron chi connectivity index (χ2n) is 2.97. The summed E-state index contributed by atoms with van der Waals surface area (Å²) >= 11 is 0. The van der Waals surface area contributed by atoms with Crippen LogP contribution in [-0.4, -0.2) is 34.5 Å². The maximum atomic E-state index is 11.9. The summed E-state index contributed by atoms with van der Waals surface area (Å²) in [6, 6.07) is 0. The van der Waals surface area contributed by atoms with E-state index in [0.29, 0.717) is 6.20 Å². The lowest BCUT2D eigenvalue weighted by molar-refractivity contribution is -0.386. The first-order valence-electron chi connectivity index (χ1n) is 4.37. The van der Waals surface area contributed by atoms with Crippen molar-refractivity contribution < 1.29 is 37.5 Å². The van der Waals surface area contributed by atoms with Gasteiger partial charge in [0.05, 0.1) is 18.2 Å². The summed E-state index contributed by atoms with van der Waals surface area (Å²) in [4.78, 5) is 23.5. The number of carbonyl (C=O) groups excluding carboxylic acids is 1. The molecule has 1 N–H and O–H groups in total. The molecule has 0 amide bonds. The molecule has 0 unspecified atom stereocenters. The van der Waals surface area contributed by atoms with E-state index in [1.807, 2.05) is 0 Å². The lowest BCUT2D eigenvalue weighted by Crippen LogP contribution is -2.18. The predicted molar refractivity (Wildman–Crippen MR) is 50.6 cm³/mol. The Labute approximate surface area is 102 Å². The van der Waals surface area contributed by atoms with Crippen molar-refractivity contribution in [2.75, 3.05) is 7.11 Å². The number of nitro groups is 1. The number of aromatic nitrogens is 1. The van der Waals surface area contributed by atoms with Gasteiger partial charge in [-0.1, -0.05) is 0 Å². The van der Waals surface area contributed by atoms with Gasteiger partial charge in [-0.25, -0.2) is 9.78 Å². The lowest BCUT2D eigenvalue weighted by Gasteiger charge is -2.10. The number of esters is 1. The van der Waals surface area contributed by atoms with Crippen LogP contribution in [0.3, 0.4) is 0 Å². The van der Waals surface area contributed by atoms with Gasteiger partial charge >= 0.3 is 18.0 Å². The summed E-state index contributed by atoms with van der Waals surface area (Å²) in [6.07, 6.45) is -4.77. The third-order valence-electron chi connectivity index (χ3n) is 1.79. The average molecular weight is 282 g/mol. The molecule has 0 spiro atoms. The highest BCUT2D eigenvalue weighted by atomic mass is 19.4. The molecule has 0 aliphatic rings. The average Bonchev–Trinajstić information content (AvgIpc) is 2.28. The molecule has 1 aromatic heterocycles. The fourth-order valence-electron chi connectivity index (χ4n) is 1.10. The Morgan fingerprint density at radius 1 is 1.53 bits per heavy atom. The molecule has 1 rings (SSSR count). The maximum Gasteiger partial charge on any atom is 0.574 e. The van der Waals surface area contributed by atoms with Gasteiger partial charge in [0.15, 0.2) is 5.56 Å². The van der Waals surface area contributed by atoms with Crippen molar-refractivity contribution in [3.8, 4) is 11.6 Å². The second-order valence-corrected chi connectivity index (χ2v) is 2.97. The highest BCUT2D eigenvalue weighted by Crippen LogP contribution is 2.38. The van der Waals surface area contributed by atoms with Crippen LogP contribution in [0.2, 0.25) is 0 Å². The Bertz CT molecular complexity index is 530. The number of pyridine rings is 1. The van der Waals surface area contributed by atoms with Gasteiger partial charge in [0.1, 0.15) is 0 Å². The maximum absolute atomic E-state index is 11.9. The molecule has 0 bridgehead atoms. The van der Waals surface area contributed by atoms with E-state index >= 15 is 0 Å². The zero-order valence-corrected chi connectivity index (χ0v) is 9.09. The van der Waals surface area contributed by atoms with Gasteiger partial charge in [-0.2, -0.15) is 0 Å². The van der Waals surface area contributed by atoms with E-state index in [1.165, 1.54) is 0 Å². The standard InChI is InChI=1S/C8H5F3N2O6/c1-18-7(15)3-2-12-6(19-8(9,10)11)5(14)4(3)13(16)17/h2,14H,1H3. The third-order valence-corrected chi connectivity index (χ3v) is 1.79. The number of carbonyl (C=O) groups is 1. The van der Waals surface area contributed by atoms with Gasteiger partial charge in [-0.05, 0) is 0 Å². The number of methoxy groups -OCH3 is 1. The van der Waals surface area contributed by atoms with Crippen LogP contribution in [0.15, 0.2) is 6.20 Å². The van der Waals surface area contributed by atoms with Crippen LogP contribution < -0.4 is 4.74 Å². The fraction of sp³-hybridized carbons (Fsp3) is 0.250. The number of hydrogen-bond acceptors (Lipinski definition) is 7. The van der Waals surface area contributed by atoms with Gasteiger partial charge in [-0.3, -0.25) is 10.1 Å². The van der Waals surface area contributed by atoms with Gasteiger partial charge in [0.2, 0.25) is 0 Å². The molecule has 0 atom stereocenters. The number of halogens is 3. The largest absolute Gasteiger partial charge is 0.574 e. The quantitative estimate of drug-likeness (QED) is 0.506. The number of nitrogens with zero attached hydrogens (tertiary/aromatic N) is 2. The minimum absolute atomic E-state index is 0.435. The van der Waals surface area contributed by atoms with Crippen molar-refractivity contribution in [1.29, 1.82) is 0 Å².